The summed E-state index contributed by atoms with van der Waals surface area (Å²) in [6.45, 7) is 7.82. The summed E-state index contributed by atoms with van der Waals surface area (Å²) >= 11 is 0. The van der Waals surface area contributed by atoms with Crippen molar-refractivity contribution < 1.29 is 13.2 Å². The summed E-state index contributed by atoms with van der Waals surface area (Å²) in [4.78, 5) is 6.97. The van der Waals surface area contributed by atoms with Crippen molar-refractivity contribution in [1.82, 2.24) is 10.2 Å². The van der Waals surface area contributed by atoms with E-state index in [1.54, 1.807) is 6.07 Å². The molecule has 0 atom stereocenters. The van der Waals surface area contributed by atoms with Crippen LogP contribution in [0.5, 0.6) is 0 Å². The van der Waals surface area contributed by atoms with Crippen LogP contribution in [0.25, 0.3) is 0 Å². The van der Waals surface area contributed by atoms with E-state index in [4.69, 9.17) is 9.73 Å². The summed E-state index contributed by atoms with van der Waals surface area (Å²) < 4.78 is 31.4. The minimum Gasteiger partial charge on any atom is -0.378 e. The molecule has 0 unspecified atom stereocenters. The molecule has 9 heteroatoms. The van der Waals surface area contributed by atoms with Crippen molar-refractivity contribution in [2.45, 2.75) is 39.3 Å². The Hall–Kier alpha value is -1.07. The van der Waals surface area contributed by atoms with Gasteiger partial charge in [-0.15, -0.1) is 24.0 Å². The van der Waals surface area contributed by atoms with E-state index in [9.17, 15) is 8.42 Å². The first-order valence-electron chi connectivity index (χ1n) is 9.13. The van der Waals surface area contributed by atoms with Crippen molar-refractivity contribution >= 4 is 45.6 Å². The average molecular weight is 510 g/mol. The number of ether oxygens (including phenoxy) is 1. The zero-order chi connectivity index (χ0) is 19.0. The Labute approximate surface area is 180 Å². The van der Waals surface area contributed by atoms with E-state index < -0.39 is 10.0 Å². The quantitative estimate of drug-likeness (QED) is 0.335. The third-order valence-electron chi connectivity index (χ3n) is 4.19. The van der Waals surface area contributed by atoms with Gasteiger partial charge in [-0.05, 0) is 38.3 Å². The predicted molar refractivity (Wildman–Crippen MR) is 121 cm³/mol. The van der Waals surface area contributed by atoms with E-state index in [0.29, 0.717) is 18.3 Å². The summed E-state index contributed by atoms with van der Waals surface area (Å²) in [5, 5.41) is 3.33. The second kappa shape index (κ2) is 11.7. The van der Waals surface area contributed by atoms with Gasteiger partial charge in [0.2, 0.25) is 10.0 Å². The topological polar surface area (TPSA) is 83.0 Å². The lowest BCUT2D eigenvalue weighted by molar-refractivity contribution is 0.0263. The second-order valence-corrected chi connectivity index (χ2v) is 8.09. The first-order chi connectivity index (χ1) is 12.4. The number of piperidine rings is 1. The zero-order valence-corrected chi connectivity index (χ0v) is 19.4. The number of benzene rings is 1. The molecular weight excluding hydrogens is 479 g/mol. The summed E-state index contributed by atoms with van der Waals surface area (Å²) in [7, 11) is -3.32. The van der Waals surface area contributed by atoms with Gasteiger partial charge in [-0.25, -0.2) is 13.4 Å². The summed E-state index contributed by atoms with van der Waals surface area (Å²) in [5.74, 6) is 0.858. The number of rotatable bonds is 7. The lowest BCUT2D eigenvalue weighted by Crippen LogP contribution is -2.47. The molecule has 1 heterocycles. The van der Waals surface area contributed by atoms with Gasteiger partial charge in [-0.3, -0.25) is 4.72 Å². The van der Waals surface area contributed by atoms with Crippen molar-refractivity contribution in [2.24, 2.45) is 4.99 Å². The first-order valence-corrected chi connectivity index (χ1v) is 11.0. The van der Waals surface area contributed by atoms with Crippen molar-refractivity contribution in [2.75, 3.05) is 37.2 Å². The SMILES string of the molecule is CCNC(=NCc1ccccc1NS(C)(=O)=O)N1CCC(OCC)CC1.I. The molecule has 1 aromatic rings. The third-order valence-corrected chi connectivity index (χ3v) is 4.78. The van der Waals surface area contributed by atoms with E-state index in [1.807, 2.05) is 32.0 Å². The Morgan fingerprint density at radius 3 is 2.52 bits per heavy atom. The lowest BCUT2D eigenvalue weighted by atomic mass is 10.1. The van der Waals surface area contributed by atoms with Gasteiger partial charge in [0.25, 0.3) is 0 Å². The number of nitrogens with zero attached hydrogens (tertiary/aromatic N) is 2. The number of sulfonamides is 1. The minimum absolute atomic E-state index is 0. The van der Waals surface area contributed by atoms with Gasteiger partial charge in [0.1, 0.15) is 0 Å². The van der Waals surface area contributed by atoms with Crippen LogP contribution in [0, 0.1) is 0 Å². The molecule has 0 spiro atoms. The molecule has 7 nitrogen and oxygen atoms in total. The lowest BCUT2D eigenvalue weighted by Gasteiger charge is -2.34. The molecule has 0 aromatic heterocycles. The zero-order valence-electron chi connectivity index (χ0n) is 16.3. The fourth-order valence-corrected chi connectivity index (χ4v) is 3.61. The number of para-hydroxylation sites is 1. The number of guanidine groups is 1. The van der Waals surface area contributed by atoms with Crippen molar-refractivity contribution in [1.29, 1.82) is 0 Å². The highest BCUT2D eigenvalue weighted by atomic mass is 127. The smallest absolute Gasteiger partial charge is 0.229 e. The molecule has 1 fully saturated rings. The first kappa shape index (κ1) is 24.0. The predicted octanol–water partition coefficient (Wildman–Crippen LogP) is 2.64. The third kappa shape index (κ3) is 8.22. The molecule has 0 saturated carbocycles. The van der Waals surface area contributed by atoms with Crippen molar-refractivity contribution in [3.63, 3.8) is 0 Å². The Morgan fingerprint density at radius 1 is 1.26 bits per heavy atom. The maximum Gasteiger partial charge on any atom is 0.229 e. The number of anilines is 1. The van der Waals surface area contributed by atoms with Gasteiger partial charge < -0.3 is 15.0 Å². The van der Waals surface area contributed by atoms with Gasteiger partial charge in [0, 0.05) is 26.2 Å². The number of likely N-dealkylation sites (tertiary alicyclic amines) is 1. The Bertz CT molecular complexity index is 704. The highest BCUT2D eigenvalue weighted by Gasteiger charge is 2.21. The van der Waals surface area contributed by atoms with Crippen LogP contribution in [-0.2, 0) is 21.3 Å². The van der Waals surface area contributed by atoms with E-state index in [1.165, 1.54) is 0 Å². The molecule has 1 aromatic carbocycles. The van der Waals surface area contributed by atoms with E-state index in [2.05, 4.69) is 14.9 Å². The van der Waals surface area contributed by atoms with Crippen LogP contribution >= 0.6 is 24.0 Å². The average Bonchev–Trinajstić information content (AvgIpc) is 2.59. The van der Waals surface area contributed by atoms with E-state index in [0.717, 1.165) is 56.9 Å². The number of nitrogens with one attached hydrogen (secondary N) is 2. The maximum absolute atomic E-state index is 11.5. The van der Waals surface area contributed by atoms with Crippen molar-refractivity contribution in [3.05, 3.63) is 29.8 Å². The molecule has 154 valence electrons. The molecule has 0 bridgehead atoms. The van der Waals surface area contributed by atoms with E-state index in [-0.39, 0.29) is 24.0 Å². The fourth-order valence-electron chi connectivity index (χ4n) is 3.01. The molecule has 1 saturated heterocycles. The molecule has 0 amide bonds. The fraction of sp³-hybridized carbons (Fsp3) is 0.611. The number of hydrogen-bond acceptors (Lipinski definition) is 4. The van der Waals surface area contributed by atoms with Crippen LogP contribution < -0.4 is 10.0 Å². The Balaban J connectivity index is 0.00000364. The highest BCUT2D eigenvalue weighted by Crippen LogP contribution is 2.18. The van der Waals surface area contributed by atoms with Crippen LogP contribution in [0.2, 0.25) is 0 Å². The Morgan fingerprint density at radius 2 is 1.93 bits per heavy atom. The Kier molecular flexibility index (Phi) is 10.4. The van der Waals surface area contributed by atoms with Gasteiger partial charge in [0.05, 0.1) is 24.6 Å². The number of hydrogen-bond donors (Lipinski definition) is 2. The molecule has 1 aliphatic heterocycles. The minimum atomic E-state index is -3.32. The monoisotopic (exact) mass is 510 g/mol. The van der Waals surface area contributed by atoms with Crippen LogP contribution in [0.3, 0.4) is 0 Å². The number of aliphatic imine (C=N–C) groups is 1. The molecule has 27 heavy (non-hydrogen) atoms. The highest BCUT2D eigenvalue weighted by molar-refractivity contribution is 14.0. The molecular formula is C18H31IN4O3S. The summed E-state index contributed by atoms with van der Waals surface area (Å²) in [6.07, 6.45) is 3.47. The van der Waals surface area contributed by atoms with Gasteiger partial charge in [0.15, 0.2) is 5.96 Å². The van der Waals surface area contributed by atoms with Crippen LogP contribution in [0.4, 0.5) is 5.69 Å². The maximum atomic E-state index is 11.5. The number of halogens is 1. The molecule has 1 aliphatic rings. The molecule has 2 N–H and O–H groups in total. The van der Waals surface area contributed by atoms with Crippen LogP contribution in [0.15, 0.2) is 29.3 Å². The molecule has 0 radical (unpaired) electrons. The van der Waals surface area contributed by atoms with Gasteiger partial charge >= 0.3 is 0 Å². The van der Waals surface area contributed by atoms with Crippen molar-refractivity contribution in [3.8, 4) is 0 Å². The molecule has 2 rings (SSSR count). The van der Waals surface area contributed by atoms with Gasteiger partial charge in [-0.2, -0.15) is 0 Å². The van der Waals surface area contributed by atoms with Gasteiger partial charge in [-0.1, -0.05) is 18.2 Å². The van der Waals surface area contributed by atoms with E-state index >= 15 is 0 Å². The standard InChI is InChI=1S/C18H30N4O3S.HI/c1-4-19-18(22-12-10-16(11-13-22)25-5-2)20-14-15-8-6-7-9-17(15)21-26(3,23)24;/h6-9,16,21H,4-5,10-14H2,1-3H3,(H,19,20);1H. The largest absolute Gasteiger partial charge is 0.378 e. The second-order valence-electron chi connectivity index (χ2n) is 6.34. The molecule has 0 aliphatic carbocycles. The van der Waals surface area contributed by atoms with Crippen LogP contribution in [0.1, 0.15) is 32.3 Å². The van der Waals surface area contributed by atoms with Crippen LogP contribution in [-0.4, -0.2) is 57.9 Å². The summed E-state index contributed by atoms with van der Waals surface area (Å²) in [6, 6.07) is 7.34. The summed E-state index contributed by atoms with van der Waals surface area (Å²) in [5.41, 5.74) is 1.42. The normalized spacial score (nSPS) is 16.0.